The van der Waals surface area contributed by atoms with Gasteiger partial charge in [0.25, 0.3) is 0 Å². The van der Waals surface area contributed by atoms with E-state index in [1.165, 1.54) is 27.4 Å². The summed E-state index contributed by atoms with van der Waals surface area (Å²) >= 11 is 3.57. The van der Waals surface area contributed by atoms with Crippen LogP contribution in [0, 0.1) is 0 Å². The predicted octanol–water partition coefficient (Wildman–Crippen LogP) is 6.49. The summed E-state index contributed by atoms with van der Waals surface area (Å²) in [4.78, 5) is 12.9. The maximum absolute atomic E-state index is 12.9. The van der Waals surface area contributed by atoms with Crippen LogP contribution in [0.1, 0.15) is 21.5 Å². The molecule has 0 aliphatic carbocycles. The third kappa shape index (κ3) is 6.81. The van der Waals surface area contributed by atoms with E-state index in [9.17, 15) is 4.79 Å². The van der Waals surface area contributed by atoms with Crippen LogP contribution in [0.2, 0.25) is 0 Å². The van der Waals surface area contributed by atoms with Crippen LogP contribution in [0.15, 0.2) is 53.1 Å². The molecule has 0 atom stereocenters. The number of rotatable bonds is 13. The van der Waals surface area contributed by atoms with Crippen LogP contribution in [-0.4, -0.2) is 55.6 Å². The molecule has 212 valence electrons. The van der Waals surface area contributed by atoms with Gasteiger partial charge in [-0.3, -0.25) is 4.79 Å². The third-order valence-electron chi connectivity index (χ3n) is 5.85. The Labute approximate surface area is 242 Å². The summed E-state index contributed by atoms with van der Waals surface area (Å²) in [5, 5.41) is 3.14. The summed E-state index contributed by atoms with van der Waals surface area (Å²) in [5.41, 5.74) is 2.75. The van der Waals surface area contributed by atoms with Crippen LogP contribution in [0.4, 0.5) is 5.69 Å². The SMILES string of the molecule is COc1cc(/C=C\c2cc(Br)c(OC)c(N/C=C\C(=O)c3cc(OC)c(OC)c(OC)c3)c2)cc(OC)c1OC. The summed E-state index contributed by atoms with van der Waals surface area (Å²) < 4.78 is 38.6. The second-order valence-electron chi connectivity index (χ2n) is 8.13. The van der Waals surface area contributed by atoms with Gasteiger partial charge in [-0.25, -0.2) is 0 Å². The predicted molar refractivity (Wildman–Crippen MR) is 159 cm³/mol. The number of carbonyl (C=O) groups is 1. The smallest absolute Gasteiger partial charge is 0.203 e. The molecule has 0 unspecified atom stereocenters. The van der Waals surface area contributed by atoms with Gasteiger partial charge in [0, 0.05) is 17.8 Å². The second-order valence-corrected chi connectivity index (χ2v) is 8.99. The number of allylic oxidation sites excluding steroid dienone is 1. The molecule has 0 aliphatic heterocycles. The number of hydrogen-bond acceptors (Lipinski definition) is 9. The molecule has 0 saturated heterocycles. The molecule has 0 amide bonds. The van der Waals surface area contributed by atoms with Gasteiger partial charge >= 0.3 is 0 Å². The average molecular weight is 614 g/mol. The molecular formula is C30H32BrNO8. The first-order valence-electron chi connectivity index (χ1n) is 12.0. The van der Waals surface area contributed by atoms with Crippen molar-refractivity contribution in [2.24, 2.45) is 0 Å². The maximum atomic E-state index is 12.9. The maximum Gasteiger partial charge on any atom is 0.203 e. The minimum absolute atomic E-state index is 0.261. The number of carbonyl (C=O) groups excluding carboxylic acids is 1. The van der Waals surface area contributed by atoms with Crippen LogP contribution in [0.5, 0.6) is 40.2 Å². The second kappa shape index (κ2) is 14.2. The Kier molecular flexibility index (Phi) is 10.7. The van der Waals surface area contributed by atoms with Gasteiger partial charge in [-0.2, -0.15) is 0 Å². The number of ketones is 1. The molecule has 0 bridgehead atoms. The van der Waals surface area contributed by atoms with E-state index >= 15 is 0 Å². The largest absolute Gasteiger partial charge is 0.493 e. The van der Waals surface area contributed by atoms with Gasteiger partial charge < -0.3 is 38.5 Å². The van der Waals surface area contributed by atoms with Crippen LogP contribution < -0.4 is 38.5 Å². The molecule has 3 rings (SSSR count). The number of anilines is 1. The fourth-order valence-electron chi connectivity index (χ4n) is 3.94. The van der Waals surface area contributed by atoms with Gasteiger partial charge in [0.2, 0.25) is 11.5 Å². The van der Waals surface area contributed by atoms with Crippen LogP contribution in [-0.2, 0) is 0 Å². The topological polar surface area (TPSA) is 93.7 Å². The van der Waals surface area contributed by atoms with Crippen molar-refractivity contribution in [2.75, 3.05) is 55.1 Å². The first-order valence-corrected chi connectivity index (χ1v) is 12.8. The van der Waals surface area contributed by atoms with E-state index in [-0.39, 0.29) is 5.78 Å². The highest BCUT2D eigenvalue weighted by atomic mass is 79.9. The lowest BCUT2D eigenvalue weighted by Crippen LogP contribution is -2.01. The van der Waals surface area contributed by atoms with Gasteiger partial charge in [-0.15, -0.1) is 0 Å². The van der Waals surface area contributed by atoms with E-state index in [1.807, 2.05) is 36.4 Å². The van der Waals surface area contributed by atoms with Crippen molar-refractivity contribution < 1.29 is 38.0 Å². The van der Waals surface area contributed by atoms with Crippen molar-refractivity contribution in [2.45, 2.75) is 0 Å². The zero-order valence-electron chi connectivity index (χ0n) is 23.4. The molecule has 0 fully saturated rings. The number of methoxy groups -OCH3 is 7. The van der Waals surface area contributed by atoms with Crippen molar-refractivity contribution >= 4 is 39.6 Å². The fraction of sp³-hybridized carbons (Fsp3) is 0.233. The van der Waals surface area contributed by atoms with Crippen molar-refractivity contribution in [3.63, 3.8) is 0 Å². The summed E-state index contributed by atoms with van der Waals surface area (Å²) in [6.07, 6.45) is 6.81. The first kappa shape index (κ1) is 30.2. The molecule has 10 heteroatoms. The zero-order valence-corrected chi connectivity index (χ0v) is 25.0. The van der Waals surface area contributed by atoms with Crippen molar-refractivity contribution in [1.82, 2.24) is 0 Å². The molecule has 0 spiro atoms. The lowest BCUT2D eigenvalue weighted by atomic mass is 10.1. The Balaban J connectivity index is 1.87. The monoisotopic (exact) mass is 613 g/mol. The molecule has 1 N–H and O–H groups in total. The van der Waals surface area contributed by atoms with E-state index < -0.39 is 0 Å². The third-order valence-corrected chi connectivity index (χ3v) is 6.44. The Hall–Kier alpha value is -4.31. The van der Waals surface area contributed by atoms with Gasteiger partial charge in [0.05, 0.1) is 59.9 Å². The van der Waals surface area contributed by atoms with E-state index in [1.54, 1.807) is 46.8 Å². The number of nitrogens with one attached hydrogen (secondary N) is 1. The standard InChI is InChI=1S/C30H32BrNO8/c1-34-24-14-19(15-25(35-2)29(24)39-6)9-8-18-12-21(31)28(38-5)22(13-18)32-11-10-23(33)20-16-26(36-3)30(40-7)27(17-20)37-4/h8-17,32H,1-7H3/b9-8-,11-10-. The summed E-state index contributed by atoms with van der Waals surface area (Å²) in [6.45, 7) is 0. The van der Waals surface area contributed by atoms with E-state index in [4.69, 9.17) is 33.2 Å². The lowest BCUT2D eigenvalue weighted by molar-refractivity contribution is 0.104. The van der Waals surface area contributed by atoms with E-state index in [0.717, 1.165) is 15.6 Å². The molecule has 0 aromatic heterocycles. The summed E-state index contributed by atoms with van der Waals surface area (Å²) in [7, 11) is 10.8. The van der Waals surface area contributed by atoms with Crippen LogP contribution >= 0.6 is 15.9 Å². The van der Waals surface area contributed by atoms with Gasteiger partial charge in [-0.05, 0) is 63.5 Å². The Bertz CT molecular complexity index is 1370. The molecule has 0 aliphatic rings. The number of hydrogen-bond donors (Lipinski definition) is 1. The van der Waals surface area contributed by atoms with Crippen molar-refractivity contribution in [1.29, 1.82) is 0 Å². The molecule has 9 nitrogen and oxygen atoms in total. The number of ether oxygens (including phenoxy) is 7. The Morgan fingerprint density at radius 3 is 1.52 bits per heavy atom. The molecule has 0 saturated carbocycles. The highest BCUT2D eigenvalue weighted by molar-refractivity contribution is 9.10. The Morgan fingerprint density at radius 2 is 1.07 bits per heavy atom. The highest BCUT2D eigenvalue weighted by Crippen LogP contribution is 2.40. The number of benzene rings is 3. The molecule has 40 heavy (non-hydrogen) atoms. The average Bonchev–Trinajstić information content (AvgIpc) is 2.98. The highest BCUT2D eigenvalue weighted by Gasteiger charge is 2.16. The number of halogens is 1. The molecule has 3 aromatic rings. The zero-order chi connectivity index (χ0) is 29.2. The van der Waals surface area contributed by atoms with E-state index in [0.29, 0.717) is 51.5 Å². The van der Waals surface area contributed by atoms with Crippen molar-refractivity contribution in [3.8, 4) is 40.2 Å². The van der Waals surface area contributed by atoms with Crippen molar-refractivity contribution in [3.05, 3.63) is 69.8 Å². The summed E-state index contributed by atoms with van der Waals surface area (Å²) in [6, 6.07) is 10.7. The molecule has 0 heterocycles. The quantitative estimate of drug-likeness (QED) is 0.132. The van der Waals surface area contributed by atoms with Gasteiger partial charge in [0.1, 0.15) is 0 Å². The first-order chi connectivity index (χ1) is 19.3. The van der Waals surface area contributed by atoms with Crippen LogP contribution in [0.25, 0.3) is 12.2 Å². The van der Waals surface area contributed by atoms with Crippen LogP contribution in [0.3, 0.4) is 0 Å². The summed E-state index contributed by atoms with van der Waals surface area (Å²) in [5.74, 6) is 3.15. The normalized spacial score (nSPS) is 10.9. The molecule has 0 radical (unpaired) electrons. The molecular weight excluding hydrogens is 582 g/mol. The molecule has 3 aromatic carbocycles. The minimum atomic E-state index is -0.261. The van der Waals surface area contributed by atoms with Gasteiger partial charge in [-0.1, -0.05) is 12.2 Å². The fourth-order valence-corrected chi connectivity index (χ4v) is 4.58. The van der Waals surface area contributed by atoms with Gasteiger partial charge in [0.15, 0.2) is 34.5 Å². The Morgan fingerprint density at radius 1 is 0.625 bits per heavy atom. The minimum Gasteiger partial charge on any atom is -0.493 e. The lowest BCUT2D eigenvalue weighted by Gasteiger charge is -2.13. The van der Waals surface area contributed by atoms with E-state index in [2.05, 4.69) is 21.2 Å².